The molecule has 0 N–H and O–H groups in total. The van der Waals surface area contributed by atoms with Crippen LogP contribution in [0.25, 0.3) is 0 Å². The van der Waals surface area contributed by atoms with Crippen molar-refractivity contribution in [2.45, 2.75) is 19.9 Å². The van der Waals surface area contributed by atoms with Gasteiger partial charge in [-0.1, -0.05) is 32.0 Å². The Morgan fingerprint density at radius 3 is 2.37 bits per heavy atom. The lowest BCUT2D eigenvalue weighted by atomic mass is 10.1. The highest BCUT2D eigenvalue weighted by Crippen LogP contribution is 2.24. The molecule has 0 saturated heterocycles. The van der Waals surface area contributed by atoms with Crippen molar-refractivity contribution in [3.63, 3.8) is 0 Å². The highest BCUT2D eigenvalue weighted by molar-refractivity contribution is 7.94. The maximum absolute atomic E-state index is 12.3. The van der Waals surface area contributed by atoms with Crippen LogP contribution in [-0.2, 0) is 14.6 Å². The van der Waals surface area contributed by atoms with Gasteiger partial charge in [0.25, 0.3) is 0 Å². The fourth-order valence-corrected chi connectivity index (χ4v) is 3.34. The quantitative estimate of drug-likeness (QED) is 0.850. The first-order valence-corrected chi connectivity index (χ1v) is 7.91. The molecule has 5 heteroatoms. The van der Waals surface area contributed by atoms with Gasteiger partial charge in [0.2, 0.25) is 5.91 Å². The van der Waals surface area contributed by atoms with E-state index in [1.807, 2.05) is 44.2 Å². The van der Waals surface area contributed by atoms with Crippen LogP contribution >= 0.6 is 0 Å². The molecule has 0 aliphatic carbocycles. The number of sulfone groups is 1. The Labute approximate surface area is 113 Å². The highest BCUT2D eigenvalue weighted by Gasteiger charge is 2.32. The second kappa shape index (κ2) is 5.17. The van der Waals surface area contributed by atoms with E-state index < -0.39 is 15.9 Å². The van der Waals surface area contributed by atoms with Crippen LogP contribution in [0.2, 0.25) is 0 Å². The zero-order valence-electron chi connectivity index (χ0n) is 11.0. The minimum absolute atomic E-state index is 0.0413. The molecule has 0 bridgehead atoms. The Kier molecular flexibility index (Phi) is 3.75. The van der Waals surface area contributed by atoms with Crippen LogP contribution in [-0.4, -0.2) is 26.1 Å². The van der Waals surface area contributed by atoms with E-state index in [1.165, 1.54) is 5.41 Å². The molecule has 1 aliphatic rings. The van der Waals surface area contributed by atoms with Gasteiger partial charge in [-0.3, -0.25) is 4.79 Å². The van der Waals surface area contributed by atoms with Gasteiger partial charge in [-0.25, -0.2) is 8.42 Å². The van der Waals surface area contributed by atoms with Gasteiger partial charge in [-0.15, -0.1) is 0 Å². The minimum atomic E-state index is -3.18. The summed E-state index contributed by atoms with van der Waals surface area (Å²) in [7, 11) is -3.18. The molecule has 0 radical (unpaired) electrons. The summed E-state index contributed by atoms with van der Waals surface area (Å²) < 4.78 is 23.1. The first-order chi connectivity index (χ1) is 8.91. The Balaban J connectivity index is 2.37. The lowest BCUT2D eigenvalue weighted by molar-refractivity contribution is -0.121. The lowest BCUT2D eigenvalue weighted by Gasteiger charge is -2.29. The van der Waals surface area contributed by atoms with Gasteiger partial charge in [-0.05, 0) is 18.2 Å². The summed E-state index contributed by atoms with van der Waals surface area (Å²) in [5.41, 5.74) is 0.730. The number of nitrogens with zero attached hydrogens (tertiary/aromatic N) is 1. The molecular formula is C14H17NO3S. The van der Waals surface area contributed by atoms with Crippen molar-refractivity contribution < 1.29 is 13.2 Å². The average Bonchev–Trinajstić information content (AvgIpc) is 2.71. The molecule has 0 unspecified atom stereocenters. The van der Waals surface area contributed by atoms with Crippen molar-refractivity contribution in [3.05, 3.63) is 41.8 Å². The van der Waals surface area contributed by atoms with Crippen molar-refractivity contribution >= 4 is 21.4 Å². The standard InChI is InChI=1S/C14H17NO3S/c1-11(2)14(16)15(12-6-4-3-5-7-12)13-8-9-19(17,18)10-13/h3-9,11,13H,10H2,1-2H3/t13-/m0/s1. The number of carbonyl (C=O) groups is 1. The van der Waals surface area contributed by atoms with Crippen molar-refractivity contribution in [2.75, 3.05) is 10.7 Å². The summed E-state index contributed by atoms with van der Waals surface area (Å²) >= 11 is 0. The van der Waals surface area contributed by atoms with Crippen LogP contribution in [0.4, 0.5) is 5.69 Å². The molecule has 1 heterocycles. The van der Waals surface area contributed by atoms with Crippen LogP contribution in [0.1, 0.15) is 13.8 Å². The predicted molar refractivity (Wildman–Crippen MR) is 75.5 cm³/mol. The van der Waals surface area contributed by atoms with Crippen LogP contribution < -0.4 is 4.90 Å². The number of hydrogen-bond acceptors (Lipinski definition) is 3. The van der Waals surface area contributed by atoms with Gasteiger partial charge < -0.3 is 4.90 Å². The Morgan fingerprint density at radius 2 is 1.89 bits per heavy atom. The molecule has 1 aromatic rings. The van der Waals surface area contributed by atoms with Crippen LogP contribution in [0.15, 0.2) is 41.8 Å². The normalized spacial score (nSPS) is 20.7. The zero-order valence-corrected chi connectivity index (χ0v) is 11.8. The van der Waals surface area contributed by atoms with Gasteiger partial charge in [0.05, 0.1) is 11.8 Å². The predicted octanol–water partition coefficient (Wildman–Crippen LogP) is 1.99. The molecule has 0 spiro atoms. The van der Waals surface area contributed by atoms with E-state index in [4.69, 9.17) is 0 Å². The third-order valence-electron chi connectivity index (χ3n) is 3.01. The van der Waals surface area contributed by atoms with Crippen LogP contribution in [0, 0.1) is 5.92 Å². The molecule has 102 valence electrons. The molecule has 1 atom stereocenters. The van der Waals surface area contributed by atoms with Crippen molar-refractivity contribution in [3.8, 4) is 0 Å². The first-order valence-electron chi connectivity index (χ1n) is 6.20. The van der Waals surface area contributed by atoms with E-state index in [9.17, 15) is 13.2 Å². The van der Waals surface area contributed by atoms with Gasteiger partial charge in [-0.2, -0.15) is 0 Å². The van der Waals surface area contributed by atoms with E-state index in [0.29, 0.717) is 0 Å². The summed E-state index contributed by atoms with van der Waals surface area (Å²) in [6, 6.07) is 8.76. The SMILES string of the molecule is CC(C)C(=O)N(c1ccccc1)[C@H]1C=CS(=O)(=O)C1. The van der Waals surface area contributed by atoms with Crippen molar-refractivity contribution in [2.24, 2.45) is 5.92 Å². The number of carbonyl (C=O) groups excluding carboxylic acids is 1. The second-order valence-corrected chi connectivity index (χ2v) is 6.86. The lowest BCUT2D eigenvalue weighted by Crippen LogP contribution is -2.43. The largest absolute Gasteiger partial charge is 0.304 e. The van der Waals surface area contributed by atoms with E-state index >= 15 is 0 Å². The number of benzene rings is 1. The molecule has 0 aromatic heterocycles. The van der Waals surface area contributed by atoms with E-state index in [1.54, 1.807) is 11.0 Å². The van der Waals surface area contributed by atoms with Gasteiger partial charge in [0, 0.05) is 17.0 Å². The fraction of sp³-hybridized carbons (Fsp3) is 0.357. The number of anilines is 1. The minimum Gasteiger partial charge on any atom is -0.304 e. The number of rotatable bonds is 3. The second-order valence-electron chi connectivity index (χ2n) is 4.92. The third-order valence-corrected chi connectivity index (χ3v) is 4.39. The molecule has 19 heavy (non-hydrogen) atoms. The molecule has 1 aromatic carbocycles. The van der Waals surface area contributed by atoms with Crippen LogP contribution in [0.3, 0.4) is 0 Å². The Hall–Kier alpha value is -1.62. The maximum Gasteiger partial charge on any atom is 0.230 e. The smallest absolute Gasteiger partial charge is 0.230 e. The molecule has 0 saturated carbocycles. The molecular weight excluding hydrogens is 262 g/mol. The summed E-state index contributed by atoms with van der Waals surface area (Å²) in [4.78, 5) is 13.9. The van der Waals surface area contributed by atoms with Crippen LogP contribution in [0.5, 0.6) is 0 Å². The van der Waals surface area contributed by atoms with E-state index in [-0.39, 0.29) is 17.6 Å². The van der Waals surface area contributed by atoms with Crippen molar-refractivity contribution in [1.29, 1.82) is 0 Å². The molecule has 4 nitrogen and oxygen atoms in total. The van der Waals surface area contributed by atoms with Crippen molar-refractivity contribution in [1.82, 2.24) is 0 Å². The Bertz CT molecular complexity index is 590. The summed E-state index contributed by atoms with van der Waals surface area (Å²) in [5, 5.41) is 1.20. The molecule has 2 rings (SSSR count). The average molecular weight is 279 g/mol. The third kappa shape index (κ3) is 3.04. The summed E-state index contributed by atoms with van der Waals surface area (Å²) in [6.45, 7) is 3.62. The van der Waals surface area contributed by atoms with Gasteiger partial charge in [0.15, 0.2) is 9.84 Å². The molecule has 1 aliphatic heterocycles. The molecule has 0 fully saturated rings. The number of para-hydroxylation sites is 1. The highest BCUT2D eigenvalue weighted by atomic mass is 32.2. The summed E-state index contributed by atoms with van der Waals surface area (Å²) in [6.07, 6.45) is 1.59. The van der Waals surface area contributed by atoms with Gasteiger partial charge >= 0.3 is 0 Å². The fourth-order valence-electron chi connectivity index (χ4n) is 2.07. The monoisotopic (exact) mass is 279 g/mol. The first kappa shape index (κ1) is 13.8. The number of amides is 1. The van der Waals surface area contributed by atoms with E-state index in [2.05, 4.69) is 0 Å². The topological polar surface area (TPSA) is 54.5 Å². The Morgan fingerprint density at radius 1 is 1.26 bits per heavy atom. The zero-order chi connectivity index (χ0) is 14.0. The maximum atomic E-state index is 12.3. The summed E-state index contributed by atoms with van der Waals surface area (Å²) in [5.74, 6) is -0.296. The number of hydrogen-bond donors (Lipinski definition) is 0. The van der Waals surface area contributed by atoms with E-state index in [0.717, 1.165) is 5.69 Å². The van der Waals surface area contributed by atoms with Gasteiger partial charge in [0.1, 0.15) is 0 Å². The molecule has 1 amide bonds.